The third-order valence-corrected chi connectivity index (χ3v) is 6.12. The van der Waals surface area contributed by atoms with Gasteiger partial charge in [0, 0.05) is 41.5 Å². The van der Waals surface area contributed by atoms with Crippen LogP contribution in [0.25, 0.3) is 11.1 Å². The SMILES string of the molecule is Cc1c(-c2ccc(NC(=O)C(N)C(c3ccccc3)c3ccccc3)cc2F)ccc(=O)n1C.Cl. The van der Waals surface area contributed by atoms with Gasteiger partial charge in [-0.15, -0.1) is 12.4 Å². The van der Waals surface area contributed by atoms with E-state index in [1.165, 1.54) is 16.7 Å². The molecular weight excluding hydrogens is 465 g/mol. The summed E-state index contributed by atoms with van der Waals surface area (Å²) in [6.07, 6.45) is 0. The lowest BCUT2D eigenvalue weighted by atomic mass is 9.85. The number of hydrogen-bond donors (Lipinski definition) is 2. The van der Waals surface area contributed by atoms with Gasteiger partial charge in [-0.1, -0.05) is 60.7 Å². The van der Waals surface area contributed by atoms with Crippen molar-refractivity contribution >= 4 is 24.0 Å². The quantitative estimate of drug-likeness (QED) is 0.397. The minimum absolute atomic E-state index is 0. The van der Waals surface area contributed by atoms with Crippen LogP contribution in [-0.4, -0.2) is 16.5 Å². The van der Waals surface area contributed by atoms with Crippen molar-refractivity contribution in [1.82, 2.24) is 4.57 Å². The molecule has 4 aromatic rings. The third-order valence-electron chi connectivity index (χ3n) is 6.12. The van der Waals surface area contributed by atoms with Crippen LogP contribution in [0.3, 0.4) is 0 Å². The van der Waals surface area contributed by atoms with Crippen molar-refractivity contribution in [2.45, 2.75) is 18.9 Å². The van der Waals surface area contributed by atoms with Crippen LogP contribution in [0.1, 0.15) is 22.7 Å². The molecule has 5 nitrogen and oxygen atoms in total. The molecule has 7 heteroatoms. The molecule has 1 heterocycles. The van der Waals surface area contributed by atoms with E-state index in [1.807, 2.05) is 60.7 Å². The molecule has 0 aliphatic carbocycles. The van der Waals surface area contributed by atoms with Gasteiger partial charge in [0.25, 0.3) is 0 Å². The van der Waals surface area contributed by atoms with Crippen molar-refractivity contribution in [2.75, 3.05) is 5.32 Å². The predicted octanol–water partition coefficient (Wildman–Crippen LogP) is 5.02. The zero-order valence-electron chi connectivity index (χ0n) is 19.4. The first-order chi connectivity index (χ1) is 16.4. The zero-order valence-corrected chi connectivity index (χ0v) is 20.3. The molecule has 0 radical (unpaired) electrons. The third kappa shape index (κ3) is 5.50. The summed E-state index contributed by atoms with van der Waals surface area (Å²) in [5.74, 6) is -1.28. The summed E-state index contributed by atoms with van der Waals surface area (Å²) < 4.78 is 16.5. The molecule has 1 unspecified atom stereocenters. The number of carbonyl (C=O) groups excluding carboxylic acids is 1. The molecule has 0 spiro atoms. The molecule has 1 aromatic heterocycles. The molecule has 0 saturated heterocycles. The average Bonchev–Trinajstić information content (AvgIpc) is 2.85. The summed E-state index contributed by atoms with van der Waals surface area (Å²) in [4.78, 5) is 24.9. The molecule has 0 bridgehead atoms. The van der Waals surface area contributed by atoms with Gasteiger partial charge in [-0.05, 0) is 42.3 Å². The van der Waals surface area contributed by atoms with Gasteiger partial charge in [0.05, 0.1) is 6.04 Å². The first-order valence-corrected chi connectivity index (χ1v) is 11.0. The lowest BCUT2D eigenvalue weighted by Gasteiger charge is -2.24. The monoisotopic (exact) mass is 491 g/mol. The van der Waals surface area contributed by atoms with Crippen LogP contribution in [0.2, 0.25) is 0 Å². The van der Waals surface area contributed by atoms with E-state index in [4.69, 9.17) is 5.73 Å². The largest absolute Gasteiger partial charge is 0.325 e. The minimum Gasteiger partial charge on any atom is -0.325 e. The lowest BCUT2D eigenvalue weighted by Crippen LogP contribution is -2.41. The number of aromatic nitrogens is 1. The van der Waals surface area contributed by atoms with Crippen LogP contribution in [0.5, 0.6) is 0 Å². The van der Waals surface area contributed by atoms with Crippen LogP contribution in [0.15, 0.2) is 95.8 Å². The highest BCUT2D eigenvalue weighted by molar-refractivity contribution is 5.96. The van der Waals surface area contributed by atoms with Crippen LogP contribution in [0, 0.1) is 12.7 Å². The lowest BCUT2D eigenvalue weighted by molar-refractivity contribution is -0.117. The molecule has 35 heavy (non-hydrogen) atoms. The second-order valence-corrected chi connectivity index (χ2v) is 8.24. The fraction of sp³-hybridized carbons (Fsp3) is 0.143. The van der Waals surface area contributed by atoms with Crippen molar-refractivity contribution in [1.29, 1.82) is 0 Å². The highest BCUT2D eigenvalue weighted by atomic mass is 35.5. The van der Waals surface area contributed by atoms with Gasteiger partial charge >= 0.3 is 0 Å². The fourth-order valence-electron chi connectivity index (χ4n) is 4.13. The topological polar surface area (TPSA) is 77.1 Å². The van der Waals surface area contributed by atoms with Crippen LogP contribution in [-0.2, 0) is 11.8 Å². The molecule has 0 saturated carbocycles. The molecule has 0 fully saturated rings. The summed E-state index contributed by atoms with van der Waals surface area (Å²) in [7, 11) is 1.64. The van der Waals surface area contributed by atoms with Gasteiger partial charge in [0.2, 0.25) is 11.5 Å². The highest BCUT2D eigenvalue weighted by Gasteiger charge is 2.28. The second-order valence-electron chi connectivity index (χ2n) is 8.24. The Labute approximate surface area is 209 Å². The number of amides is 1. The maximum atomic E-state index is 15.0. The van der Waals surface area contributed by atoms with Crippen LogP contribution in [0.4, 0.5) is 10.1 Å². The Bertz CT molecular complexity index is 1330. The summed E-state index contributed by atoms with van der Waals surface area (Å²) >= 11 is 0. The van der Waals surface area contributed by atoms with Gasteiger partial charge in [0.1, 0.15) is 5.82 Å². The van der Waals surface area contributed by atoms with E-state index < -0.39 is 17.8 Å². The molecule has 3 N–H and O–H groups in total. The van der Waals surface area contributed by atoms with Crippen molar-refractivity contribution in [2.24, 2.45) is 12.8 Å². The van der Waals surface area contributed by atoms with Gasteiger partial charge < -0.3 is 15.6 Å². The predicted molar refractivity (Wildman–Crippen MR) is 140 cm³/mol. The van der Waals surface area contributed by atoms with Gasteiger partial charge in [-0.2, -0.15) is 0 Å². The molecule has 180 valence electrons. The number of nitrogens with one attached hydrogen (secondary N) is 1. The molecule has 0 aliphatic rings. The Morgan fingerprint density at radius 3 is 1.97 bits per heavy atom. The minimum atomic E-state index is -0.890. The molecule has 4 rings (SSSR count). The number of hydrogen-bond acceptors (Lipinski definition) is 3. The molecule has 3 aromatic carbocycles. The average molecular weight is 492 g/mol. The number of nitrogens with zero attached hydrogens (tertiary/aromatic N) is 1. The van der Waals surface area contributed by atoms with Gasteiger partial charge in [0.15, 0.2) is 0 Å². The number of benzene rings is 3. The summed E-state index contributed by atoms with van der Waals surface area (Å²) in [5.41, 5.74) is 10.0. The Balaban J connectivity index is 0.00000342. The normalized spacial score (nSPS) is 11.6. The maximum absolute atomic E-state index is 15.0. The number of pyridine rings is 1. The van der Waals surface area contributed by atoms with E-state index >= 15 is 4.39 Å². The Morgan fingerprint density at radius 2 is 1.43 bits per heavy atom. The smallest absolute Gasteiger partial charge is 0.250 e. The first kappa shape index (κ1) is 25.9. The van der Waals surface area contributed by atoms with Crippen molar-refractivity contribution < 1.29 is 9.18 Å². The van der Waals surface area contributed by atoms with E-state index in [9.17, 15) is 9.59 Å². The first-order valence-electron chi connectivity index (χ1n) is 11.0. The Kier molecular flexibility index (Phi) is 8.22. The number of rotatable bonds is 6. The van der Waals surface area contributed by atoms with Gasteiger partial charge in [-0.25, -0.2) is 4.39 Å². The standard InChI is InChI=1S/C28H26FN3O2.ClH/c1-18-22(15-16-25(33)32(18)2)23-14-13-21(17-24(23)29)31-28(34)27(30)26(19-9-5-3-6-10-19)20-11-7-4-8-12-20;/h3-17,26-27H,30H2,1-2H3,(H,31,34);1H. The van der Waals surface area contributed by atoms with Gasteiger partial charge in [-0.3, -0.25) is 9.59 Å². The number of carbonyl (C=O) groups is 1. The van der Waals surface area contributed by atoms with E-state index in [-0.39, 0.29) is 23.9 Å². The van der Waals surface area contributed by atoms with Crippen LogP contribution >= 0.6 is 12.4 Å². The zero-order chi connectivity index (χ0) is 24.2. The summed E-state index contributed by atoms with van der Waals surface area (Å²) in [6.45, 7) is 1.76. The van der Waals surface area contributed by atoms with E-state index in [2.05, 4.69) is 5.32 Å². The van der Waals surface area contributed by atoms with Crippen molar-refractivity contribution in [3.63, 3.8) is 0 Å². The van der Waals surface area contributed by atoms with Crippen LogP contribution < -0.4 is 16.6 Å². The molecule has 1 atom stereocenters. The Morgan fingerprint density at radius 1 is 0.886 bits per heavy atom. The summed E-state index contributed by atoms with van der Waals surface area (Å²) in [5, 5.41) is 2.76. The van der Waals surface area contributed by atoms with E-state index in [1.54, 1.807) is 32.2 Å². The number of anilines is 1. The summed E-state index contributed by atoms with van der Waals surface area (Å²) in [6, 6.07) is 25.8. The number of nitrogens with two attached hydrogens (primary N) is 1. The molecular formula is C28H27ClFN3O2. The fourth-order valence-corrected chi connectivity index (χ4v) is 4.13. The Hall–Kier alpha value is -3.74. The molecule has 1 amide bonds. The second kappa shape index (κ2) is 11.1. The van der Waals surface area contributed by atoms with Crippen molar-refractivity contribution in [3.8, 4) is 11.1 Å². The maximum Gasteiger partial charge on any atom is 0.250 e. The number of halogens is 2. The highest BCUT2D eigenvalue weighted by Crippen LogP contribution is 2.29. The van der Waals surface area contributed by atoms with Crippen molar-refractivity contribution in [3.05, 3.63) is 124 Å². The molecule has 0 aliphatic heterocycles. The van der Waals surface area contributed by atoms with E-state index in [0.29, 0.717) is 22.5 Å². The van der Waals surface area contributed by atoms with E-state index in [0.717, 1.165) is 11.1 Å².